The molecule has 0 aliphatic heterocycles. The number of carbonyl (C=O) groups is 1. The SMILES string of the molecule is CCOc1ccc(-n2c(N)c(C(=O)OC)c3nc4ccccc4nc32)cc1. The first kappa shape index (κ1) is 16.8. The molecule has 0 saturated heterocycles. The number of nitrogen functional groups attached to an aromatic ring is 1. The molecular formula is C20H18N4O3. The number of rotatable bonds is 4. The normalized spacial score (nSPS) is 11.0. The van der Waals surface area contributed by atoms with Crippen LogP contribution in [0.2, 0.25) is 0 Å². The molecule has 0 unspecified atom stereocenters. The summed E-state index contributed by atoms with van der Waals surface area (Å²) in [6.45, 7) is 2.51. The zero-order chi connectivity index (χ0) is 19.0. The van der Waals surface area contributed by atoms with Crippen LogP contribution >= 0.6 is 0 Å². The summed E-state index contributed by atoms with van der Waals surface area (Å²) >= 11 is 0. The molecule has 0 fully saturated rings. The smallest absolute Gasteiger partial charge is 0.343 e. The molecule has 2 N–H and O–H groups in total. The van der Waals surface area contributed by atoms with Gasteiger partial charge in [-0.1, -0.05) is 12.1 Å². The van der Waals surface area contributed by atoms with Crippen molar-refractivity contribution in [2.45, 2.75) is 6.92 Å². The fourth-order valence-corrected chi connectivity index (χ4v) is 3.08. The fourth-order valence-electron chi connectivity index (χ4n) is 3.08. The number of aromatic nitrogens is 3. The fraction of sp³-hybridized carbons (Fsp3) is 0.150. The second-order valence-corrected chi connectivity index (χ2v) is 5.90. The van der Waals surface area contributed by atoms with Gasteiger partial charge in [0.15, 0.2) is 5.65 Å². The summed E-state index contributed by atoms with van der Waals surface area (Å²) in [5.41, 5.74) is 9.59. The molecule has 136 valence electrons. The van der Waals surface area contributed by atoms with E-state index < -0.39 is 5.97 Å². The van der Waals surface area contributed by atoms with Gasteiger partial charge in [0.05, 0.1) is 24.8 Å². The minimum Gasteiger partial charge on any atom is -0.494 e. The molecule has 0 radical (unpaired) electrons. The number of nitrogens with zero attached hydrogens (tertiary/aromatic N) is 3. The molecule has 2 aromatic carbocycles. The standard InChI is InChI=1S/C20H18N4O3/c1-3-27-13-10-8-12(9-11-13)24-18(21)16(20(25)26-2)17-19(24)23-15-7-5-4-6-14(15)22-17/h4-11H,3,21H2,1-2H3. The first-order chi connectivity index (χ1) is 13.1. The van der Waals surface area contributed by atoms with Gasteiger partial charge in [-0.05, 0) is 43.3 Å². The molecule has 0 amide bonds. The third kappa shape index (κ3) is 2.73. The Balaban J connectivity index is 2.02. The summed E-state index contributed by atoms with van der Waals surface area (Å²) < 4.78 is 12.1. The van der Waals surface area contributed by atoms with Gasteiger partial charge >= 0.3 is 5.97 Å². The number of hydrogen-bond acceptors (Lipinski definition) is 6. The first-order valence-electron chi connectivity index (χ1n) is 8.52. The van der Waals surface area contributed by atoms with Gasteiger partial charge in [-0.15, -0.1) is 0 Å². The van der Waals surface area contributed by atoms with Crippen LogP contribution in [0.15, 0.2) is 48.5 Å². The topological polar surface area (TPSA) is 92.3 Å². The van der Waals surface area contributed by atoms with Gasteiger partial charge in [-0.2, -0.15) is 0 Å². The maximum atomic E-state index is 12.4. The van der Waals surface area contributed by atoms with Crippen LogP contribution < -0.4 is 10.5 Å². The summed E-state index contributed by atoms with van der Waals surface area (Å²) in [6, 6.07) is 14.9. The predicted octanol–water partition coefficient (Wildman–Crippen LogP) is 3.34. The highest BCUT2D eigenvalue weighted by Gasteiger charge is 2.25. The molecule has 7 nitrogen and oxygen atoms in total. The Morgan fingerprint density at radius 3 is 2.37 bits per heavy atom. The Kier molecular flexibility index (Phi) is 4.12. The number of benzene rings is 2. The van der Waals surface area contributed by atoms with Gasteiger partial charge in [-0.3, -0.25) is 4.57 Å². The number of methoxy groups -OCH3 is 1. The third-order valence-electron chi connectivity index (χ3n) is 4.29. The van der Waals surface area contributed by atoms with Gasteiger partial charge in [0.1, 0.15) is 22.6 Å². The van der Waals surface area contributed by atoms with E-state index in [4.69, 9.17) is 20.2 Å². The lowest BCUT2D eigenvalue weighted by Crippen LogP contribution is -2.07. The summed E-state index contributed by atoms with van der Waals surface area (Å²) in [5.74, 6) is 0.434. The number of hydrogen-bond donors (Lipinski definition) is 1. The zero-order valence-corrected chi connectivity index (χ0v) is 15.0. The van der Waals surface area contributed by atoms with Crippen LogP contribution in [0.3, 0.4) is 0 Å². The number of anilines is 1. The number of nitrogens with two attached hydrogens (primary N) is 1. The lowest BCUT2D eigenvalue weighted by Gasteiger charge is -2.09. The van der Waals surface area contributed by atoms with E-state index in [0.717, 1.165) is 11.4 Å². The van der Waals surface area contributed by atoms with E-state index >= 15 is 0 Å². The van der Waals surface area contributed by atoms with E-state index in [2.05, 4.69) is 4.98 Å². The molecule has 2 heterocycles. The van der Waals surface area contributed by atoms with Gasteiger partial charge in [0.2, 0.25) is 0 Å². The summed E-state index contributed by atoms with van der Waals surface area (Å²) in [5, 5.41) is 0. The number of fused-ring (bicyclic) bond motifs is 2. The van der Waals surface area contributed by atoms with Crippen LogP contribution in [0.25, 0.3) is 27.9 Å². The predicted molar refractivity (Wildman–Crippen MR) is 103 cm³/mol. The Bertz CT molecular complexity index is 1150. The third-order valence-corrected chi connectivity index (χ3v) is 4.29. The highest BCUT2D eigenvalue weighted by Crippen LogP contribution is 2.31. The van der Waals surface area contributed by atoms with Gasteiger partial charge in [-0.25, -0.2) is 14.8 Å². The second kappa shape index (κ2) is 6.60. The first-order valence-corrected chi connectivity index (χ1v) is 8.52. The van der Waals surface area contributed by atoms with E-state index in [0.29, 0.717) is 28.8 Å². The number of carbonyl (C=O) groups excluding carboxylic acids is 1. The van der Waals surface area contributed by atoms with Gasteiger partial charge in [0, 0.05) is 5.69 Å². The maximum Gasteiger partial charge on any atom is 0.343 e. The van der Waals surface area contributed by atoms with Crippen molar-refractivity contribution in [1.82, 2.24) is 14.5 Å². The lowest BCUT2D eigenvalue weighted by atomic mass is 10.2. The lowest BCUT2D eigenvalue weighted by molar-refractivity contribution is 0.0604. The molecule has 0 aliphatic carbocycles. The van der Waals surface area contributed by atoms with E-state index in [1.807, 2.05) is 55.5 Å². The highest BCUT2D eigenvalue weighted by molar-refractivity contribution is 6.08. The Morgan fingerprint density at radius 2 is 1.74 bits per heavy atom. The van der Waals surface area contributed by atoms with Crippen LogP contribution in [0, 0.1) is 0 Å². The molecule has 0 saturated carbocycles. The highest BCUT2D eigenvalue weighted by atomic mass is 16.5. The van der Waals surface area contributed by atoms with Crippen molar-refractivity contribution in [1.29, 1.82) is 0 Å². The minimum absolute atomic E-state index is 0.208. The Labute approximate surface area is 155 Å². The minimum atomic E-state index is -0.549. The van der Waals surface area contributed by atoms with E-state index in [1.54, 1.807) is 4.57 Å². The molecule has 7 heteroatoms. The monoisotopic (exact) mass is 362 g/mol. The second-order valence-electron chi connectivity index (χ2n) is 5.90. The molecule has 2 aromatic heterocycles. The van der Waals surface area contributed by atoms with Crippen molar-refractivity contribution in [3.63, 3.8) is 0 Å². The van der Waals surface area contributed by atoms with Crippen LogP contribution in [0.4, 0.5) is 5.82 Å². The van der Waals surface area contributed by atoms with Gasteiger partial charge in [0.25, 0.3) is 0 Å². The number of ether oxygens (including phenoxy) is 2. The molecule has 27 heavy (non-hydrogen) atoms. The summed E-state index contributed by atoms with van der Waals surface area (Å²) in [7, 11) is 1.32. The average molecular weight is 362 g/mol. The van der Waals surface area contributed by atoms with Gasteiger partial charge < -0.3 is 15.2 Å². The van der Waals surface area contributed by atoms with Crippen LogP contribution in [-0.4, -0.2) is 34.2 Å². The van der Waals surface area contributed by atoms with Crippen molar-refractivity contribution in [3.05, 3.63) is 54.1 Å². The largest absolute Gasteiger partial charge is 0.494 e. The Hall–Kier alpha value is -3.61. The molecule has 4 rings (SSSR count). The number of esters is 1. The zero-order valence-electron chi connectivity index (χ0n) is 15.0. The van der Waals surface area contributed by atoms with Crippen LogP contribution in [0.1, 0.15) is 17.3 Å². The van der Waals surface area contributed by atoms with Crippen molar-refractivity contribution >= 4 is 34.0 Å². The summed E-state index contributed by atoms with van der Waals surface area (Å²) in [6.07, 6.45) is 0. The van der Waals surface area contributed by atoms with E-state index in [1.165, 1.54) is 7.11 Å². The molecule has 0 aliphatic rings. The van der Waals surface area contributed by atoms with Crippen LogP contribution in [-0.2, 0) is 4.74 Å². The van der Waals surface area contributed by atoms with Crippen molar-refractivity contribution in [2.75, 3.05) is 19.5 Å². The quantitative estimate of drug-likeness (QED) is 0.560. The number of para-hydroxylation sites is 2. The molecule has 0 spiro atoms. The molecule has 0 bridgehead atoms. The van der Waals surface area contributed by atoms with E-state index in [9.17, 15) is 4.79 Å². The van der Waals surface area contributed by atoms with Crippen molar-refractivity contribution in [2.24, 2.45) is 0 Å². The van der Waals surface area contributed by atoms with Crippen molar-refractivity contribution < 1.29 is 14.3 Å². The summed E-state index contributed by atoms with van der Waals surface area (Å²) in [4.78, 5) is 21.7. The van der Waals surface area contributed by atoms with Crippen LogP contribution in [0.5, 0.6) is 5.75 Å². The average Bonchev–Trinajstić information content (AvgIpc) is 2.97. The maximum absolute atomic E-state index is 12.4. The van der Waals surface area contributed by atoms with Crippen molar-refractivity contribution in [3.8, 4) is 11.4 Å². The Morgan fingerprint density at radius 1 is 1.07 bits per heavy atom. The molecule has 4 aromatic rings. The molecule has 0 atom stereocenters. The van der Waals surface area contributed by atoms with E-state index in [-0.39, 0.29) is 11.4 Å². The molecular weight excluding hydrogens is 344 g/mol.